The maximum absolute atomic E-state index is 5.58. The second-order valence-corrected chi connectivity index (χ2v) is 4.04. The van der Waals surface area contributed by atoms with Crippen molar-refractivity contribution in [2.24, 2.45) is 0 Å². The Balaban J connectivity index is 1.84. The topological polar surface area (TPSA) is 79.5 Å². The third kappa shape index (κ3) is 2.80. The van der Waals surface area contributed by atoms with Crippen molar-refractivity contribution in [2.75, 3.05) is 18.9 Å². The maximum Gasteiger partial charge on any atom is 0.218 e. The quantitative estimate of drug-likeness (QED) is 0.811. The van der Waals surface area contributed by atoms with Crippen molar-refractivity contribution in [2.45, 2.75) is 25.7 Å². The predicted octanol–water partition coefficient (Wildman–Crippen LogP) is 0.589. The smallest absolute Gasteiger partial charge is 0.218 e. The molecule has 0 bridgehead atoms. The van der Waals surface area contributed by atoms with Gasteiger partial charge < -0.3 is 19.9 Å². The van der Waals surface area contributed by atoms with Gasteiger partial charge in [-0.15, -0.1) is 0 Å². The molecular formula is C10H15N3O3. The molecule has 0 saturated carbocycles. The van der Waals surface area contributed by atoms with E-state index in [0.29, 0.717) is 24.9 Å². The Kier molecular flexibility index (Phi) is 2.93. The van der Waals surface area contributed by atoms with Gasteiger partial charge in [0, 0.05) is 6.07 Å². The molecule has 1 aromatic rings. The van der Waals surface area contributed by atoms with E-state index in [-0.39, 0.29) is 6.10 Å². The molecule has 16 heavy (non-hydrogen) atoms. The van der Waals surface area contributed by atoms with Gasteiger partial charge in [0.05, 0.1) is 6.61 Å². The van der Waals surface area contributed by atoms with Crippen molar-refractivity contribution in [3.8, 4) is 5.88 Å². The van der Waals surface area contributed by atoms with Crippen LogP contribution in [0.4, 0.5) is 5.82 Å². The second kappa shape index (κ2) is 4.23. The molecule has 0 aliphatic carbocycles. The molecule has 0 amide bonds. The summed E-state index contributed by atoms with van der Waals surface area (Å²) in [5.41, 5.74) is 5.50. The molecule has 1 aliphatic rings. The SMILES string of the molecule is CC1(C)OCC(COc2cc(N)ncn2)O1. The number of ether oxygens (including phenoxy) is 3. The van der Waals surface area contributed by atoms with E-state index in [1.165, 1.54) is 6.33 Å². The first kappa shape index (κ1) is 11.1. The van der Waals surface area contributed by atoms with Crippen LogP contribution in [-0.4, -0.2) is 35.1 Å². The summed E-state index contributed by atoms with van der Waals surface area (Å²) in [5, 5.41) is 0. The number of aromatic nitrogens is 2. The van der Waals surface area contributed by atoms with Crippen LogP contribution in [0.2, 0.25) is 0 Å². The van der Waals surface area contributed by atoms with Gasteiger partial charge in [0.2, 0.25) is 5.88 Å². The van der Waals surface area contributed by atoms with E-state index in [4.69, 9.17) is 19.9 Å². The predicted molar refractivity (Wildman–Crippen MR) is 56.8 cm³/mol. The Morgan fingerprint density at radius 3 is 3.00 bits per heavy atom. The van der Waals surface area contributed by atoms with E-state index in [1.54, 1.807) is 6.07 Å². The number of hydrogen-bond acceptors (Lipinski definition) is 6. The van der Waals surface area contributed by atoms with Crippen molar-refractivity contribution in [1.82, 2.24) is 9.97 Å². The van der Waals surface area contributed by atoms with Gasteiger partial charge in [-0.1, -0.05) is 0 Å². The van der Waals surface area contributed by atoms with Gasteiger partial charge >= 0.3 is 0 Å². The highest BCUT2D eigenvalue weighted by atomic mass is 16.7. The van der Waals surface area contributed by atoms with Crippen LogP contribution in [0.25, 0.3) is 0 Å². The maximum atomic E-state index is 5.58. The molecule has 1 aliphatic heterocycles. The number of rotatable bonds is 3. The lowest BCUT2D eigenvalue weighted by molar-refractivity contribution is -0.141. The van der Waals surface area contributed by atoms with Gasteiger partial charge in [0.15, 0.2) is 5.79 Å². The number of nitrogens with zero attached hydrogens (tertiary/aromatic N) is 2. The van der Waals surface area contributed by atoms with Gasteiger partial charge in [-0.05, 0) is 13.8 Å². The fourth-order valence-corrected chi connectivity index (χ4v) is 1.46. The van der Waals surface area contributed by atoms with E-state index in [2.05, 4.69) is 9.97 Å². The molecule has 2 N–H and O–H groups in total. The van der Waals surface area contributed by atoms with E-state index < -0.39 is 5.79 Å². The third-order valence-corrected chi connectivity index (χ3v) is 2.15. The number of nitrogen functional groups attached to an aromatic ring is 1. The van der Waals surface area contributed by atoms with Gasteiger partial charge in [0.25, 0.3) is 0 Å². The van der Waals surface area contributed by atoms with Crippen molar-refractivity contribution < 1.29 is 14.2 Å². The minimum atomic E-state index is -0.529. The first-order valence-corrected chi connectivity index (χ1v) is 5.07. The highest BCUT2D eigenvalue weighted by Gasteiger charge is 2.32. The van der Waals surface area contributed by atoms with Crippen LogP contribution in [0.3, 0.4) is 0 Å². The van der Waals surface area contributed by atoms with Crippen molar-refractivity contribution in [3.05, 3.63) is 12.4 Å². The first-order valence-electron chi connectivity index (χ1n) is 5.07. The van der Waals surface area contributed by atoms with E-state index in [1.807, 2.05) is 13.8 Å². The zero-order valence-electron chi connectivity index (χ0n) is 9.34. The van der Waals surface area contributed by atoms with Gasteiger partial charge in [-0.25, -0.2) is 9.97 Å². The van der Waals surface area contributed by atoms with Crippen LogP contribution in [0.5, 0.6) is 5.88 Å². The lowest BCUT2D eigenvalue weighted by Crippen LogP contribution is -2.25. The zero-order chi connectivity index (χ0) is 11.6. The molecule has 1 saturated heterocycles. The summed E-state index contributed by atoms with van der Waals surface area (Å²) in [7, 11) is 0. The minimum Gasteiger partial charge on any atom is -0.475 e. The standard InChI is InChI=1S/C10H15N3O3/c1-10(2)15-5-7(16-10)4-14-9-3-8(11)12-6-13-9/h3,6-7H,4-5H2,1-2H3,(H2,11,12,13). The molecular weight excluding hydrogens is 210 g/mol. The van der Waals surface area contributed by atoms with Crippen LogP contribution >= 0.6 is 0 Å². The molecule has 2 heterocycles. The Bertz CT molecular complexity index is 370. The van der Waals surface area contributed by atoms with Crippen LogP contribution in [-0.2, 0) is 9.47 Å². The van der Waals surface area contributed by atoms with E-state index in [0.717, 1.165) is 0 Å². The Hall–Kier alpha value is -1.40. The molecule has 0 radical (unpaired) electrons. The summed E-state index contributed by atoms with van der Waals surface area (Å²) < 4.78 is 16.4. The Morgan fingerprint density at radius 1 is 1.56 bits per heavy atom. The van der Waals surface area contributed by atoms with Crippen molar-refractivity contribution >= 4 is 5.82 Å². The Labute approximate surface area is 93.7 Å². The molecule has 6 heteroatoms. The largest absolute Gasteiger partial charge is 0.475 e. The van der Waals surface area contributed by atoms with Crippen LogP contribution in [0.1, 0.15) is 13.8 Å². The number of nitrogens with two attached hydrogens (primary N) is 1. The first-order chi connectivity index (χ1) is 7.55. The minimum absolute atomic E-state index is 0.0776. The number of anilines is 1. The molecule has 1 unspecified atom stereocenters. The van der Waals surface area contributed by atoms with Gasteiger partial charge in [-0.2, -0.15) is 0 Å². The molecule has 2 rings (SSSR count). The van der Waals surface area contributed by atoms with Gasteiger partial charge in [-0.3, -0.25) is 0 Å². The van der Waals surface area contributed by atoms with Crippen LogP contribution < -0.4 is 10.5 Å². The van der Waals surface area contributed by atoms with Crippen LogP contribution in [0, 0.1) is 0 Å². The van der Waals surface area contributed by atoms with Gasteiger partial charge in [0.1, 0.15) is 24.9 Å². The molecule has 1 atom stereocenters. The highest BCUT2D eigenvalue weighted by molar-refractivity contribution is 5.30. The molecule has 0 aromatic carbocycles. The molecule has 0 spiro atoms. The summed E-state index contributed by atoms with van der Waals surface area (Å²) in [4.78, 5) is 7.70. The lowest BCUT2D eigenvalue weighted by atomic mass is 10.4. The summed E-state index contributed by atoms with van der Waals surface area (Å²) in [6.45, 7) is 4.65. The zero-order valence-corrected chi connectivity index (χ0v) is 9.34. The monoisotopic (exact) mass is 225 g/mol. The summed E-state index contributed by atoms with van der Waals surface area (Å²) >= 11 is 0. The average molecular weight is 225 g/mol. The average Bonchev–Trinajstić information content (AvgIpc) is 2.56. The summed E-state index contributed by atoms with van der Waals surface area (Å²) in [5.74, 6) is 0.299. The summed E-state index contributed by atoms with van der Waals surface area (Å²) in [6.07, 6.45) is 1.28. The second-order valence-electron chi connectivity index (χ2n) is 4.04. The van der Waals surface area contributed by atoms with Crippen LogP contribution in [0.15, 0.2) is 12.4 Å². The fourth-order valence-electron chi connectivity index (χ4n) is 1.46. The normalized spacial score (nSPS) is 23.2. The lowest BCUT2D eigenvalue weighted by Gasteiger charge is -2.17. The highest BCUT2D eigenvalue weighted by Crippen LogP contribution is 2.22. The summed E-state index contributed by atoms with van der Waals surface area (Å²) in [6, 6.07) is 1.57. The van der Waals surface area contributed by atoms with Crippen molar-refractivity contribution in [1.29, 1.82) is 0 Å². The number of hydrogen-bond donors (Lipinski definition) is 1. The molecule has 1 fully saturated rings. The molecule has 88 valence electrons. The molecule has 6 nitrogen and oxygen atoms in total. The molecule has 1 aromatic heterocycles. The third-order valence-electron chi connectivity index (χ3n) is 2.15. The van der Waals surface area contributed by atoms with E-state index in [9.17, 15) is 0 Å². The van der Waals surface area contributed by atoms with E-state index >= 15 is 0 Å². The Morgan fingerprint density at radius 2 is 2.38 bits per heavy atom. The van der Waals surface area contributed by atoms with Crippen molar-refractivity contribution in [3.63, 3.8) is 0 Å². The fraction of sp³-hybridized carbons (Fsp3) is 0.600.